The fraction of sp³-hybridized carbons (Fsp3) is 0.579. The lowest BCUT2D eigenvalue weighted by molar-refractivity contribution is -0.125. The Labute approximate surface area is 159 Å². The smallest absolute Gasteiger partial charge is 0.270 e. The second kappa shape index (κ2) is 9.67. The first-order valence-corrected chi connectivity index (χ1v) is 9.54. The Bertz CT molecular complexity index is 665. The number of unbranched alkanes of at least 4 members (excludes halogenated alkanes) is 1. The normalized spacial score (nSPS) is 20.4. The molecule has 1 aliphatic rings. The summed E-state index contributed by atoms with van der Waals surface area (Å²) in [6.45, 7) is 3.59. The van der Waals surface area contributed by atoms with Gasteiger partial charge in [-0.25, -0.2) is 4.98 Å². The summed E-state index contributed by atoms with van der Waals surface area (Å²) in [5.41, 5.74) is 0.175. The fourth-order valence-corrected chi connectivity index (χ4v) is 3.51. The van der Waals surface area contributed by atoms with Gasteiger partial charge >= 0.3 is 0 Å². The molecule has 1 saturated carbocycles. The van der Waals surface area contributed by atoms with Crippen molar-refractivity contribution in [3.8, 4) is 0 Å². The summed E-state index contributed by atoms with van der Waals surface area (Å²) in [7, 11) is 0. The van der Waals surface area contributed by atoms with Crippen molar-refractivity contribution < 1.29 is 14.4 Å². The molecule has 0 bridgehead atoms. The van der Waals surface area contributed by atoms with E-state index in [1.165, 1.54) is 0 Å². The Hall–Kier alpha value is -1.95. The van der Waals surface area contributed by atoms with Crippen molar-refractivity contribution in [2.24, 2.45) is 5.92 Å². The Kier molecular flexibility index (Phi) is 7.57. The predicted octanol–water partition coefficient (Wildman–Crippen LogP) is 2.90. The second-order valence-corrected chi connectivity index (χ2v) is 7.16. The van der Waals surface area contributed by atoms with Crippen LogP contribution in [0.2, 0.25) is 5.15 Å². The van der Waals surface area contributed by atoms with Gasteiger partial charge in [0.15, 0.2) is 0 Å². The van der Waals surface area contributed by atoms with Crippen molar-refractivity contribution in [3.05, 3.63) is 29.0 Å². The standard InChI is InChI=1S/C19H26ClN3O3/c1-3-4-8-16(23-18(25)15-10-6-11-17(20)21-15)19(26)22-14-9-5-7-13(14)12(2)24/h6,10-11,13-14,16H,3-5,7-9H2,1-2H3,(H,22,26)(H,23,25)/t13-,14-,16-/m0/s1. The molecule has 1 aromatic heterocycles. The zero-order chi connectivity index (χ0) is 19.1. The van der Waals surface area contributed by atoms with Gasteiger partial charge in [-0.05, 0) is 38.3 Å². The summed E-state index contributed by atoms with van der Waals surface area (Å²) in [6, 6.07) is 3.98. The van der Waals surface area contributed by atoms with Crippen molar-refractivity contribution in [3.63, 3.8) is 0 Å². The predicted molar refractivity (Wildman–Crippen MR) is 100.0 cm³/mol. The summed E-state index contributed by atoms with van der Waals surface area (Å²) in [5.74, 6) is -0.702. The molecule has 6 nitrogen and oxygen atoms in total. The van der Waals surface area contributed by atoms with Gasteiger partial charge in [-0.3, -0.25) is 14.4 Å². The molecule has 1 fully saturated rings. The van der Waals surface area contributed by atoms with Crippen LogP contribution in [0.4, 0.5) is 0 Å². The van der Waals surface area contributed by atoms with Gasteiger partial charge in [-0.1, -0.05) is 43.9 Å². The van der Waals surface area contributed by atoms with Gasteiger partial charge in [0.1, 0.15) is 22.7 Å². The average molecular weight is 380 g/mol. The summed E-state index contributed by atoms with van der Waals surface area (Å²) in [6.07, 6.45) is 4.77. The van der Waals surface area contributed by atoms with Gasteiger partial charge in [0.2, 0.25) is 5.91 Å². The van der Waals surface area contributed by atoms with Crippen LogP contribution in [0.3, 0.4) is 0 Å². The van der Waals surface area contributed by atoms with E-state index in [2.05, 4.69) is 15.6 Å². The van der Waals surface area contributed by atoms with Crippen LogP contribution in [0.25, 0.3) is 0 Å². The minimum atomic E-state index is -0.656. The van der Waals surface area contributed by atoms with E-state index < -0.39 is 11.9 Å². The van der Waals surface area contributed by atoms with Crippen molar-refractivity contribution in [2.45, 2.75) is 64.5 Å². The molecule has 1 heterocycles. The van der Waals surface area contributed by atoms with Crippen LogP contribution in [0.1, 0.15) is 62.9 Å². The largest absolute Gasteiger partial charge is 0.351 e. The first-order valence-electron chi connectivity index (χ1n) is 9.16. The molecule has 7 heteroatoms. The molecule has 1 aliphatic carbocycles. The molecule has 26 heavy (non-hydrogen) atoms. The van der Waals surface area contributed by atoms with E-state index in [9.17, 15) is 14.4 Å². The quantitative estimate of drug-likeness (QED) is 0.680. The van der Waals surface area contributed by atoms with Crippen LogP contribution in [0.5, 0.6) is 0 Å². The second-order valence-electron chi connectivity index (χ2n) is 6.78. The fourth-order valence-electron chi connectivity index (χ4n) is 3.35. The highest BCUT2D eigenvalue weighted by Crippen LogP contribution is 2.26. The monoisotopic (exact) mass is 379 g/mol. The highest BCUT2D eigenvalue weighted by molar-refractivity contribution is 6.29. The highest BCUT2D eigenvalue weighted by atomic mass is 35.5. The van der Waals surface area contributed by atoms with E-state index in [0.29, 0.717) is 6.42 Å². The van der Waals surface area contributed by atoms with Crippen molar-refractivity contribution in [2.75, 3.05) is 0 Å². The number of hydrogen-bond acceptors (Lipinski definition) is 4. The summed E-state index contributed by atoms with van der Waals surface area (Å²) < 4.78 is 0. The van der Waals surface area contributed by atoms with Gasteiger partial charge in [0, 0.05) is 12.0 Å². The first-order chi connectivity index (χ1) is 12.4. The maximum Gasteiger partial charge on any atom is 0.270 e. The lowest BCUT2D eigenvalue weighted by Crippen LogP contribution is -2.51. The van der Waals surface area contributed by atoms with E-state index in [1.807, 2.05) is 6.92 Å². The van der Waals surface area contributed by atoms with Gasteiger partial charge in [0.25, 0.3) is 5.91 Å². The molecule has 0 unspecified atom stereocenters. The minimum absolute atomic E-state index is 0.102. The van der Waals surface area contributed by atoms with Crippen LogP contribution in [0.15, 0.2) is 18.2 Å². The number of rotatable bonds is 8. The summed E-state index contributed by atoms with van der Waals surface area (Å²) in [4.78, 5) is 40.9. The van der Waals surface area contributed by atoms with Gasteiger partial charge in [0.05, 0.1) is 0 Å². The minimum Gasteiger partial charge on any atom is -0.351 e. The lowest BCUT2D eigenvalue weighted by Gasteiger charge is -2.23. The van der Waals surface area contributed by atoms with Gasteiger partial charge in [-0.15, -0.1) is 0 Å². The van der Waals surface area contributed by atoms with Crippen LogP contribution in [0, 0.1) is 5.92 Å². The highest BCUT2D eigenvalue weighted by Gasteiger charge is 2.33. The number of hydrogen-bond donors (Lipinski definition) is 2. The lowest BCUT2D eigenvalue weighted by atomic mass is 9.98. The number of nitrogens with zero attached hydrogens (tertiary/aromatic N) is 1. The number of amides is 2. The summed E-state index contributed by atoms with van der Waals surface area (Å²) >= 11 is 5.83. The first kappa shape index (κ1) is 20.4. The zero-order valence-electron chi connectivity index (χ0n) is 15.3. The van der Waals surface area contributed by atoms with Crippen molar-refractivity contribution >= 4 is 29.2 Å². The van der Waals surface area contributed by atoms with Crippen molar-refractivity contribution in [1.82, 2.24) is 15.6 Å². The number of nitrogens with one attached hydrogen (secondary N) is 2. The topological polar surface area (TPSA) is 88.2 Å². The molecule has 0 aliphatic heterocycles. The molecular formula is C19H26ClN3O3. The maximum absolute atomic E-state index is 12.7. The number of carbonyl (C=O) groups is 3. The third kappa shape index (κ3) is 5.53. The van der Waals surface area contributed by atoms with Crippen molar-refractivity contribution in [1.29, 1.82) is 0 Å². The molecule has 2 N–H and O–H groups in total. The number of halogens is 1. The molecular weight excluding hydrogens is 354 g/mol. The average Bonchev–Trinajstić information content (AvgIpc) is 3.06. The maximum atomic E-state index is 12.7. The Morgan fingerprint density at radius 3 is 2.73 bits per heavy atom. The molecule has 2 amide bonds. The van der Waals surface area contributed by atoms with Crippen LogP contribution in [-0.2, 0) is 9.59 Å². The van der Waals surface area contributed by atoms with Gasteiger partial charge in [-0.2, -0.15) is 0 Å². The zero-order valence-corrected chi connectivity index (χ0v) is 16.0. The molecule has 0 radical (unpaired) electrons. The molecule has 0 saturated heterocycles. The number of Topliss-reactive ketones (excluding diaryl/α,β-unsaturated/α-hetero) is 1. The third-order valence-corrected chi connectivity index (χ3v) is 4.99. The van der Waals surface area contributed by atoms with Crippen LogP contribution >= 0.6 is 11.6 Å². The van der Waals surface area contributed by atoms with Crippen LogP contribution in [-0.4, -0.2) is 34.7 Å². The molecule has 142 valence electrons. The Morgan fingerprint density at radius 1 is 1.31 bits per heavy atom. The Balaban J connectivity index is 2.04. The van der Waals surface area contributed by atoms with E-state index in [-0.39, 0.29) is 34.5 Å². The SMILES string of the molecule is CCCC[C@H](NC(=O)c1cccc(Cl)n1)C(=O)N[C@H]1CCC[C@H]1C(C)=O. The number of aromatic nitrogens is 1. The summed E-state index contributed by atoms with van der Waals surface area (Å²) in [5, 5.41) is 5.95. The van der Waals surface area contributed by atoms with Crippen LogP contribution < -0.4 is 10.6 Å². The molecule has 1 aromatic rings. The molecule has 3 atom stereocenters. The Morgan fingerprint density at radius 2 is 2.08 bits per heavy atom. The number of carbonyl (C=O) groups excluding carboxylic acids is 3. The van der Waals surface area contributed by atoms with E-state index in [0.717, 1.165) is 32.1 Å². The van der Waals surface area contributed by atoms with E-state index in [4.69, 9.17) is 11.6 Å². The molecule has 2 rings (SSSR count). The number of ketones is 1. The molecule has 0 spiro atoms. The van der Waals surface area contributed by atoms with E-state index >= 15 is 0 Å². The third-order valence-electron chi connectivity index (χ3n) is 4.78. The number of pyridine rings is 1. The molecule has 0 aromatic carbocycles. The van der Waals surface area contributed by atoms with E-state index in [1.54, 1.807) is 25.1 Å². The van der Waals surface area contributed by atoms with Gasteiger partial charge < -0.3 is 10.6 Å².